The fourth-order valence-electron chi connectivity index (χ4n) is 1.25. The fourth-order valence-corrected chi connectivity index (χ4v) is 1.25. The highest BCUT2D eigenvalue weighted by Crippen LogP contribution is 2.18. The molecule has 1 aromatic carbocycles. The van der Waals surface area contributed by atoms with Gasteiger partial charge in [-0.2, -0.15) is 0 Å². The van der Waals surface area contributed by atoms with E-state index in [-0.39, 0.29) is 18.9 Å². The zero-order chi connectivity index (χ0) is 14.5. The van der Waals surface area contributed by atoms with Gasteiger partial charge in [0.05, 0.1) is 11.5 Å². The standard InChI is InChI=1S/C12H16N2O5/c1-3-18-11(15)12(2,13)8-19-10-6-4-9(5-7-10)14(16)17/h4-7H,3,8,13H2,1-2H3. The van der Waals surface area contributed by atoms with E-state index in [1.807, 2.05) is 0 Å². The van der Waals surface area contributed by atoms with E-state index >= 15 is 0 Å². The molecular weight excluding hydrogens is 252 g/mol. The Hall–Kier alpha value is -2.15. The van der Waals surface area contributed by atoms with Crippen molar-refractivity contribution in [3.63, 3.8) is 0 Å². The Morgan fingerprint density at radius 2 is 2.00 bits per heavy atom. The largest absolute Gasteiger partial charge is 0.491 e. The van der Waals surface area contributed by atoms with Gasteiger partial charge in [-0.05, 0) is 26.0 Å². The molecule has 1 atom stereocenters. The molecule has 19 heavy (non-hydrogen) atoms. The summed E-state index contributed by atoms with van der Waals surface area (Å²) in [5.41, 5.74) is 4.46. The van der Waals surface area contributed by atoms with Crippen LogP contribution >= 0.6 is 0 Å². The zero-order valence-corrected chi connectivity index (χ0v) is 10.8. The Bertz CT molecular complexity index is 456. The SMILES string of the molecule is CCOC(=O)C(C)(N)COc1ccc([N+](=O)[O-])cc1. The molecular formula is C12H16N2O5. The van der Waals surface area contributed by atoms with E-state index in [4.69, 9.17) is 15.2 Å². The third-order valence-electron chi connectivity index (χ3n) is 2.33. The summed E-state index contributed by atoms with van der Waals surface area (Å²) in [6, 6.07) is 5.51. The normalized spacial score (nSPS) is 13.4. The number of nitrogens with two attached hydrogens (primary N) is 1. The Balaban J connectivity index is 2.61. The predicted molar refractivity (Wildman–Crippen MR) is 67.8 cm³/mol. The van der Waals surface area contributed by atoms with Gasteiger partial charge in [0.25, 0.3) is 5.69 Å². The van der Waals surface area contributed by atoms with Gasteiger partial charge >= 0.3 is 5.97 Å². The van der Waals surface area contributed by atoms with E-state index in [2.05, 4.69) is 0 Å². The van der Waals surface area contributed by atoms with E-state index in [1.165, 1.54) is 31.2 Å². The smallest absolute Gasteiger partial charge is 0.329 e. The molecule has 0 aliphatic carbocycles. The van der Waals surface area contributed by atoms with Gasteiger partial charge in [-0.15, -0.1) is 0 Å². The van der Waals surface area contributed by atoms with Crippen molar-refractivity contribution in [2.45, 2.75) is 19.4 Å². The highest BCUT2D eigenvalue weighted by molar-refractivity contribution is 5.80. The van der Waals surface area contributed by atoms with E-state index in [9.17, 15) is 14.9 Å². The number of ether oxygens (including phenoxy) is 2. The number of carbonyl (C=O) groups excluding carboxylic acids is 1. The summed E-state index contributed by atoms with van der Waals surface area (Å²) >= 11 is 0. The molecule has 0 fully saturated rings. The molecule has 7 heteroatoms. The summed E-state index contributed by atoms with van der Waals surface area (Å²) in [4.78, 5) is 21.5. The van der Waals surface area contributed by atoms with E-state index < -0.39 is 16.4 Å². The van der Waals surface area contributed by atoms with Crippen molar-refractivity contribution in [2.75, 3.05) is 13.2 Å². The molecule has 0 heterocycles. The molecule has 0 saturated heterocycles. The summed E-state index contributed by atoms with van der Waals surface area (Å²) in [5.74, 6) is -0.163. The zero-order valence-electron chi connectivity index (χ0n) is 10.8. The molecule has 0 saturated carbocycles. The Morgan fingerprint density at radius 3 is 2.47 bits per heavy atom. The lowest BCUT2D eigenvalue weighted by Crippen LogP contribution is -2.51. The fraction of sp³-hybridized carbons (Fsp3) is 0.417. The second-order valence-corrected chi connectivity index (χ2v) is 4.18. The van der Waals surface area contributed by atoms with Crippen LogP contribution in [0.4, 0.5) is 5.69 Å². The quantitative estimate of drug-likeness (QED) is 0.473. The number of benzene rings is 1. The number of nitrogens with zero attached hydrogens (tertiary/aromatic N) is 1. The first-order valence-corrected chi connectivity index (χ1v) is 5.70. The first-order chi connectivity index (χ1) is 8.86. The minimum absolute atomic E-state index is 0.0340. The molecule has 0 amide bonds. The van der Waals surface area contributed by atoms with Crippen LogP contribution in [0.15, 0.2) is 24.3 Å². The van der Waals surface area contributed by atoms with Crippen molar-refractivity contribution in [2.24, 2.45) is 5.73 Å². The Kier molecular flexibility index (Phi) is 4.82. The van der Waals surface area contributed by atoms with E-state index in [0.717, 1.165) is 0 Å². The van der Waals surface area contributed by atoms with Gasteiger partial charge in [-0.25, -0.2) is 4.79 Å². The number of rotatable bonds is 6. The second kappa shape index (κ2) is 6.14. The summed E-state index contributed by atoms with van der Waals surface area (Å²) in [7, 11) is 0. The van der Waals surface area contributed by atoms with Crippen LogP contribution in [0.25, 0.3) is 0 Å². The number of carbonyl (C=O) groups is 1. The number of nitro benzene ring substituents is 1. The monoisotopic (exact) mass is 268 g/mol. The average Bonchev–Trinajstić information content (AvgIpc) is 2.37. The minimum atomic E-state index is -1.27. The molecule has 0 aromatic heterocycles. The van der Waals surface area contributed by atoms with Crippen molar-refractivity contribution in [1.82, 2.24) is 0 Å². The third-order valence-corrected chi connectivity index (χ3v) is 2.33. The van der Waals surface area contributed by atoms with Gasteiger partial charge in [0.2, 0.25) is 0 Å². The number of hydrogen-bond donors (Lipinski definition) is 1. The molecule has 2 N–H and O–H groups in total. The Morgan fingerprint density at radius 1 is 1.42 bits per heavy atom. The summed E-state index contributed by atoms with van der Waals surface area (Å²) < 4.78 is 10.1. The van der Waals surface area contributed by atoms with Crippen molar-refractivity contribution in [3.8, 4) is 5.75 Å². The highest BCUT2D eigenvalue weighted by atomic mass is 16.6. The lowest BCUT2D eigenvalue weighted by molar-refractivity contribution is -0.384. The third kappa shape index (κ3) is 4.22. The number of non-ortho nitro benzene ring substituents is 1. The summed E-state index contributed by atoms with van der Waals surface area (Å²) in [5, 5.41) is 10.5. The average molecular weight is 268 g/mol. The van der Waals surface area contributed by atoms with E-state index in [1.54, 1.807) is 6.92 Å². The van der Waals surface area contributed by atoms with Gasteiger partial charge in [-0.3, -0.25) is 10.1 Å². The van der Waals surface area contributed by atoms with Crippen LogP contribution in [-0.2, 0) is 9.53 Å². The highest BCUT2D eigenvalue weighted by Gasteiger charge is 2.31. The maximum atomic E-state index is 11.5. The Labute approximate surface area is 110 Å². The van der Waals surface area contributed by atoms with Crippen LogP contribution in [0.1, 0.15) is 13.8 Å². The lowest BCUT2D eigenvalue weighted by Gasteiger charge is -2.22. The van der Waals surface area contributed by atoms with Gasteiger partial charge in [-0.1, -0.05) is 0 Å². The van der Waals surface area contributed by atoms with Crippen LogP contribution in [0.5, 0.6) is 5.75 Å². The topological polar surface area (TPSA) is 105 Å². The lowest BCUT2D eigenvalue weighted by atomic mass is 10.1. The van der Waals surface area contributed by atoms with Gasteiger partial charge in [0.15, 0.2) is 0 Å². The molecule has 0 bridgehead atoms. The molecule has 104 valence electrons. The summed E-state index contributed by atoms with van der Waals surface area (Å²) in [6.07, 6.45) is 0. The predicted octanol–water partition coefficient (Wildman–Crippen LogP) is 1.25. The molecule has 7 nitrogen and oxygen atoms in total. The number of nitro groups is 1. The van der Waals surface area contributed by atoms with Crippen LogP contribution in [-0.4, -0.2) is 29.6 Å². The molecule has 0 spiro atoms. The second-order valence-electron chi connectivity index (χ2n) is 4.18. The molecule has 0 aliphatic rings. The van der Waals surface area contributed by atoms with Crippen LogP contribution in [0, 0.1) is 10.1 Å². The van der Waals surface area contributed by atoms with Crippen molar-refractivity contribution < 1.29 is 19.2 Å². The van der Waals surface area contributed by atoms with Crippen molar-refractivity contribution in [3.05, 3.63) is 34.4 Å². The van der Waals surface area contributed by atoms with Crippen molar-refractivity contribution >= 4 is 11.7 Å². The van der Waals surface area contributed by atoms with Gasteiger partial charge in [0.1, 0.15) is 17.9 Å². The number of esters is 1. The maximum Gasteiger partial charge on any atom is 0.329 e. The minimum Gasteiger partial charge on any atom is -0.491 e. The molecule has 1 aromatic rings. The van der Waals surface area contributed by atoms with Crippen LogP contribution < -0.4 is 10.5 Å². The van der Waals surface area contributed by atoms with Crippen molar-refractivity contribution in [1.29, 1.82) is 0 Å². The van der Waals surface area contributed by atoms with Crippen LogP contribution in [0.2, 0.25) is 0 Å². The molecule has 1 unspecified atom stereocenters. The summed E-state index contributed by atoms with van der Waals surface area (Å²) in [6.45, 7) is 3.34. The maximum absolute atomic E-state index is 11.5. The number of hydrogen-bond acceptors (Lipinski definition) is 6. The van der Waals surface area contributed by atoms with Gasteiger partial charge in [0, 0.05) is 12.1 Å². The molecule has 0 aliphatic heterocycles. The first-order valence-electron chi connectivity index (χ1n) is 5.70. The van der Waals surface area contributed by atoms with Crippen LogP contribution in [0.3, 0.4) is 0 Å². The first kappa shape index (κ1) is 14.9. The molecule has 0 radical (unpaired) electrons. The van der Waals surface area contributed by atoms with Gasteiger partial charge < -0.3 is 15.2 Å². The van der Waals surface area contributed by atoms with E-state index in [0.29, 0.717) is 5.75 Å². The molecule has 1 rings (SSSR count).